The second-order valence-corrected chi connectivity index (χ2v) is 8.66. The monoisotopic (exact) mass is 421 g/mol. The van der Waals surface area contributed by atoms with Crippen LogP contribution in [0.5, 0.6) is 5.75 Å². The third kappa shape index (κ3) is 2.84. The molecule has 0 radical (unpaired) electrons. The number of benzene rings is 1. The minimum Gasteiger partial charge on any atom is -0.465 e. The van der Waals surface area contributed by atoms with Gasteiger partial charge in [0.1, 0.15) is 29.4 Å². The van der Waals surface area contributed by atoms with Crippen LogP contribution in [0.2, 0.25) is 0 Å². The molecule has 0 bridgehead atoms. The van der Waals surface area contributed by atoms with Crippen LogP contribution in [0, 0.1) is 16.7 Å². The Morgan fingerprint density at radius 3 is 2.68 bits per heavy atom. The normalized spacial score (nSPS) is 24.0. The van der Waals surface area contributed by atoms with Gasteiger partial charge >= 0.3 is 5.97 Å². The lowest BCUT2D eigenvalue weighted by Gasteiger charge is -2.37. The summed E-state index contributed by atoms with van der Waals surface area (Å²) in [6, 6.07) is 8.73. The van der Waals surface area contributed by atoms with Crippen LogP contribution in [-0.4, -0.2) is 35.7 Å². The maximum atomic E-state index is 14.1. The SMILES string of the molecule is CCOC(=O)CN1C(=O)C2(C(C#N)=C(N)Oc3ccccc32)C2=C1CC(C)(C)CC2=O. The number of amides is 1. The van der Waals surface area contributed by atoms with Crippen LogP contribution in [0.25, 0.3) is 0 Å². The number of nitrogens with two attached hydrogens (primary N) is 1. The number of fused-ring (bicyclic) bond motifs is 3. The van der Waals surface area contributed by atoms with E-state index in [4.69, 9.17) is 15.2 Å². The number of allylic oxidation sites excluding steroid dienone is 1. The lowest BCUT2D eigenvalue weighted by atomic mass is 9.63. The number of hydrogen-bond acceptors (Lipinski definition) is 7. The van der Waals surface area contributed by atoms with Crippen molar-refractivity contribution in [2.24, 2.45) is 11.1 Å². The molecule has 31 heavy (non-hydrogen) atoms. The van der Waals surface area contributed by atoms with Gasteiger partial charge in [-0.2, -0.15) is 5.26 Å². The van der Waals surface area contributed by atoms with E-state index in [1.807, 2.05) is 19.9 Å². The number of hydrogen-bond donors (Lipinski definition) is 1. The Balaban J connectivity index is 2.03. The highest BCUT2D eigenvalue weighted by molar-refractivity contribution is 6.15. The molecule has 2 N–H and O–H groups in total. The van der Waals surface area contributed by atoms with Crippen LogP contribution in [-0.2, 0) is 24.5 Å². The predicted octanol–water partition coefficient (Wildman–Crippen LogP) is 2.06. The highest BCUT2D eigenvalue weighted by Crippen LogP contribution is 2.57. The van der Waals surface area contributed by atoms with E-state index >= 15 is 0 Å². The molecule has 0 saturated heterocycles. The average Bonchev–Trinajstić information content (AvgIpc) is 2.91. The lowest BCUT2D eigenvalue weighted by molar-refractivity contribution is -0.148. The van der Waals surface area contributed by atoms with Crippen molar-refractivity contribution in [2.75, 3.05) is 13.2 Å². The quantitative estimate of drug-likeness (QED) is 0.741. The summed E-state index contributed by atoms with van der Waals surface area (Å²) < 4.78 is 10.7. The Morgan fingerprint density at radius 2 is 2.00 bits per heavy atom. The number of Topliss-reactive ketones (excluding diaryl/α,β-unsaturated/α-hetero) is 1. The largest absolute Gasteiger partial charge is 0.465 e. The first-order valence-corrected chi connectivity index (χ1v) is 10.1. The number of nitriles is 1. The smallest absolute Gasteiger partial charge is 0.326 e. The number of ketones is 1. The summed E-state index contributed by atoms with van der Waals surface area (Å²) in [5, 5.41) is 10.00. The van der Waals surface area contributed by atoms with E-state index in [-0.39, 0.29) is 42.4 Å². The van der Waals surface area contributed by atoms with Crippen molar-refractivity contribution >= 4 is 17.7 Å². The molecule has 2 heterocycles. The fourth-order valence-electron chi connectivity index (χ4n) is 4.85. The molecule has 4 rings (SSSR count). The summed E-state index contributed by atoms with van der Waals surface area (Å²) in [6.07, 6.45) is 0.596. The fourth-order valence-corrected chi connectivity index (χ4v) is 4.85. The number of esters is 1. The molecule has 1 unspecified atom stereocenters. The van der Waals surface area contributed by atoms with Gasteiger partial charge in [0.05, 0.1) is 6.61 Å². The van der Waals surface area contributed by atoms with Gasteiger partial charge in [-0.3, -0.25) is 14.4 Å². The van der Waals surface area contributed by atoms with E-state index in [2.05, 4.69) is 0 Å². The summed E-state index contributed by atoms with van der Waals surface area (Å²) in [7, 11) is 0. The first kappa shape index (κ1) is 20.7. The average molecular weight is 421 g/mol. The zero-order chi connectivity index (χ0) is 22.6. The van der Waals surface area contributed by atoms with Gasteiger partial charge in [-0.15, -0.1) is 0 Å². The molecule has 1 atom stereocenters. The summed E-state index contributed by atoms with van der Waals surface area (Å²) >= 11 is 0. The molecule has 0 aromatic heterocycles. The van der Waals surface area contributed by atoms with Crippen molar-refractivity contribution in [3.8, 4) is 11.8 Å². The van der Waals surface area contributed by atoms with E-state index in [0.717, 1.165) is 0 Å². The predicted molar refractivity (Wildman–Crippen MR) is 109 cm³/mol. The maximum Gasteiger partial charge on any atom is 0.326 e. The van der Waals surface area contributed by atoms with Crippen LogP contribution in [0.1, 0.15) is 39.2 Å². The maximum absolute atomic E-state index is 14.1. The van der Waals surface area contributed by atoms with Gasteiger partial charge in [0, 0.05) is 23.3 Å². The Morgan fingerprint density at radius 1 is 1.29 bits per heavy atom. The van der Waals surface area contributed by atoms with Gasteiger partial charge in [0.2, 0.25) is 11.8 Å². The molecule has 0 fully saturated rings. The molecule has 1 amide bonds. The van der Waals surface area contributed by atoms with Crippen molar-refractivity contribution < 1.29 is 23.9 Å². The van der Waals surface area contributed by atoms with Crippen LogP contribution in [0.4, 0.5) is 0 Å². The van der Waals surface area contributed by atoms with Crippen molar-refractivity contribution in [2.45, 2.75) is 39.0 Å². The molecular weight excluding hydrogens is 398 g/mol. The molecule has 8 heteroatoms. The summed E-state index contributed by atoms with van der Waals surface area (Å²) in [4.78, 5) is 41.2. The molecule has 3 aliphatic rings. The van der Waals surface area contributed by atoms with Crippen LogP contribution in [0.15, 0.2) is 47.0 Å². The van der Waals surface area contributed by atoms with Gasteiger partial charge in [-0.1, -0.05) is 32.0 Å². The molecule has 1 aromatic carbocycles. The van der Waals surface area contributed by atoms with Gasteiger partial charge in [-0.05, 0) is 24.8 Å². The standard InChI is InChI=1S/C23H23N3O5/c1-4-30-18(28)12-26-15-9-22(2,3)10-16(27)19(15)23(21(26)29)13-7-5-6-8-17(13)31-20(25)14(23)11-24/h5-8H,4,9-10,12,25H2,1-3H3. The summed E-state index contributed by atoms with van der Waals surface area (Å²) in [6.45, 7) is 5.35. The highest BCUT2D eigenvalue weighted by atomic mass is 16.5. The van der Waals surface area contributed by atoms with Gasteiger partial charge in [0.25, 0.3) is 0 Å². The zero-order valence-corrected chi connectivity index (χ0v) is 17.7. The molecule has 2 aliphatic heterocycles. The number of carbonyl (C=O) groups is 3. The van der Waals surface area contributed by atoms with E-state index in [1.54, 1.807) is 31.2 Å². The van der Waals surface area contributed by atoms with Crippen molar-refractivity contribution in [1.82, 2.24) is 4.90 Å². The Bertz CT molecular complexity index is 1120. The number of carbonyl (C=O) groups excluding carboxylic acids is 3. The van der Waals surface area contributed by atoms with Crippen molar-refractivity contribution in [3.63, 3.8) is 0 Å². The first-order chi connectivity index (χ1) is 14.7. The molecular formula is C23H23N3O5. The summed E-state index contributed by atoms with van der Waals surface area (Å²) in [5.74, 6) is -1.33. The van der Waals surface area contributed by atoms with Crippen LogP contribution >= 0.6 is 0 Å². The lowest BCUT2D eigenvalue weighted by Crippen LogP contribution is -2.47. The minimum atomic E-state index is -1.73. The Kier molecular flexibility index (Phi) is 4.65. The molecule has 1 aliphatic carbocycles. The van der Waals surface area contributed by atoms with Gasteiger partial charge < -0.3 is 20.1 Å². The third-order valence-corrected chi connectivity index (χ3v) is 5.96. The third-order valence-electron chi connectivity index (χ3n) is 5.96. The molecule has 0 saturated carbocycles. The second kappa shape index (κ2) is 6.98. The van der Waals surface area contributed by atoms with Gasteiger partial charge in [0.15, 0.2) is 5.78 Å². The van der Waals surface area contributed by atoms with Crippen molar-refractivity contribution in [1.29, 1.82) is 5.26 Å². The molecule has 1 spiro atoms. The Labute approximate surface area is 179 Å². The number of ether oxygens (including phenoxy) is 2. The second-order valence-electron chi connectivity index (χ2n) is 8.66. The first-order valence-electron chi connectivity index (χ1n) is 10.1. The highest BCUT2D eigenvalue weighted by Gasteiger charge is 2.63. The van der Waals surface area contributed by atoms with E-state index in [0.29, 0.717) is 23.4 Å². The topological polar surface area (TPSA) is 123 Å². The molecule has 1 aromatic rings. The van der Waals surface area contributed by atoms with E-state index in [1.165, 1.54) is 4.90 Å². The van der Waals surface area contributed by atoms with Crippen LogP contribution in [0.3, 0.4) is 0 Å². The van der Waals surface area contributed by atoms with Crippen LogP contribution < -0.4 is 10.5 Å². The summed E-state index contributed by atoms with van der Waals surface area (Å²) in [5.41, 5.74) is 4.81. The number of para-hydroxylation sites is 1. The zero-order valence-electron chi connectivity index (χ0n) is 17.7. The van der Waals surface area contributed by atoms with E-state index in [9.17, 15) is 19.6 Å². The van der Waals surface area contributed by atoms with E-state index < -0.39 is 22.7 Å². The Hall–Kier alpha value is -3.60. The number of nitrogens with zero attached hydrogens (tertiary/aromatic N) is 2. The molecule has 160 valence electrons. The number of rotatable bonds is 3. The van der Waals surface area contributed by atoms with Crippen molar-refractivity contribution in [3.05, 3.63) is 52.6 Å². The fraction of sp³-hybridized carbons (Fsp3) is 0.391. The molecule has 8 nitrogen and oxygen atoms in total. The minimum absolute atomic E-state index is 0.136. The van der Waals surface area contributed by atoms with Gasteiger partial charge in [-0.25, -0.2) is 0 Å².